The van der Waals surface area contributed by atoms with Gasteiger partial charge < -0.3 is 16.0 Å². The molecule has 0 bridgehead atoms. The molecule has 2 rings (SSSR count). The minimum atomic E-state index is 0.559. The van der Waals surface area contributed by atoms with E-state index in [9.17, 15) is 0 Å². The van der Waals surface area contributed by atoms with Gasteiger partial charge in [-0.2, -0.15) is 0 Å². The lowest BCUT2D eigenvalue weighted by atomic mass is 10.1. The first-order chi connectivity index (χ1) is 7.78. The Morgan fingerprint density at radius 1 is 1.50 bits per heavy atom. The lowest BCUT2D eigenvalue weighted by Gasteiger charge is -2.39. The maximum atomic E-state index is 5.59. The number of aromatic nitrogens is 2. The molecule has 0 unspecified atom stereocenters. The van der Waals surface area contributed by atoms with Crippen molar-refractivity contribution in [3.63, 3.8) is 0 Å². The van der Waals surface area contributed by atoms with Crippen LogP contribution in [0.4, 0.5) is 5.82 Å². The molecule has 0 saturated carbocycles. The normalized spacial score (nSPS) is 17.3. The van der Waals surface area contributed by atoms with Gasteiger partial charge >= 0.3 is 0 Å². The molecule has 5 heteroatoms. The van der Waals surface area contributed by atoms with E-state index in [1.807, 2.05) is 13.1 Å². The van der Waals surface area contributed by atoms with E-state index in [0.717, 1.165) is 25.1 Å². The van der Waals surface area contributed by atoms with Crippen LogP contribution < -0.4 is 11.1 Å². The van der Waals surface area contributed by atoms with Gasteiger partial charge in [0.1, 0.15) is 12.1 Å². The van der Waals surface area contributed by atoms with Crippen LogP contribution in [0.25, 0.3) is 0 Å². The van der Waals surface area contributed by atoms with Gasteiger partial charge in [0, 0.05) is 30.9 Å². The number of aryl methyl sites for hydroxylation is 1. The molecule has 16 heavy (non-hydrogen) atoms. The highest BCUT2D eigenvalue weighted by Gasteiger charge is 2.23. The lowest BCUT2D eigenvalue weighted by molar-refractivity contribution is 0.130. The Morgan fingerprint density at radius 2 is 2.31 bits per heavy atom. The summed E-state index contributed by atoms with van der Waals surface area (Å²) in [6.45, 7) is 3.48. The van der Waals surface area contributed by atoms with Crippen molar-refractivity contribution >= 4 is 5.82 Å². The highest BCUT2D eigenvalue weighted by Crippen LogP contribution is 2.09. The van der Waals surface area contributed by atoms with Crippen molar-refractivity contribution in [2.75, 3.05) is 32.4 Å². The molecule has 1 fully saturated rings. The summed E-state index contributed by atoms with van der Waals surface area (Å²) in [6, 6.07) is 2.54. The molecular weight excluding hydrogens is 202 g/mol. The molecule has 88 valence electrons. The van der Waals surface area contributed by atoms with Crippen LogP contribution in [-0.2, 0) is 6.42 Å². The zero-order valence-corrected chi connectivity index (χ0v) is 9.69. The highest BCUT2D eigenvalue weighted by atomic mass is 15.2. The van der Waals surface area contributed by atoms with Gasteiger partial charge in [0.2, 0.25) is 0 Å². The van der Waals surface area contributed by atoms with E-state index in [1.54, 1.807) is 0 Å². The number of rotatable bonds is 5. The molecule has 3 N–H and O–H groups in total. The second kappa shape index (κ2) is 5.23. The van der Waals surface area contributed by atoms with E-state index in [4.69, 9.17) is 5.73 Å². The first-order valence-corrected chi connectivity index (χ1v) is 5.74. The molecule has 1 saturated heterocycles. The molecule has 0 amide bonds. The number of nitrogens with one attached hydrogen (secondary N) is 1. The van der Waals surface area contributed by atoms with Crippen LogP contribution >= 0.6 is 0 Å². The van der Waals surface area contributed by atoms with Crippen LogP contribution in [0, 0.1) is 0 Å². The Labute approximate surface area is 96.1 Å². The van der Waals surface area contributed by atoms with E-state index in [2.05, 4.69) is 20.2 Å². The number of likely N-dealkylation sites (tertiary alicyclic amines) is 1. The van der Waals surface area contributed by atoms with Crippen LogP contribution in [0.1, 0.15) is 12.1 Å². The third-order valence-corrected chi connectivity index (χ3v) is 3.02. The van der Waals surface area contributed by atoms with Crippen molar-refractivity contribution in [1.29, 1.82) is 0 Å². The minimum absolute atomic E-state index is 0.559. The fourth-order valence-corrected chi connectivity index (χ4v) is 1.97. The van der Waals surface area contributed by atoms with Crippen molar-refractivity contribution in [1.82, 2.24) is 20.2 Å². The first-order valence-electron chi connectivity index (χ1n) is 5.74. The summed E-state index contributed by atoms with van der Waals surface area (Å²) >= 11 is 0. The zero-order valence-electron chi connectivity index (χ0n) is 9.69. The molecule has 2 heterocycles. The predicted octanol–water partition coefficient (Wildman–Crippen LogP) is -0.105. The summed E-state index contributed by atoms with van der Waals surface area (Å²) in [6.07, 6.45) is 3.64. The number of anilines is 1. The van der Waals surface area contributed by atoms with Gasteiger partial charge in [-0.1, -0.05) is 0 Å². The summed E-state index contributed by atoms with van der Waals surface area (Å²) in [4.78, 5) is 10.5. The van der Waals surface area contributed by atoms with Gasteiger partial charge in [-0.3, -0.25) is 0 Å². The average Bonchev–Trinajstić information content (AvgIpc) is 2.21. The number of hydrogen-bond donors (Lipinski definition) is 2. The van der Waals surface area contributed by atoms with E-state index in [0.29, 0.717) is 11.9 Å². The maximum absolute atomic E-state index is 5.59. The Hall–Kier alpha value is -1.20. The molecule has 1 aliphatic heterocycles. The van der Waals surface area contributed by atoms with Crippen LogP contribution in [0.15, 0.2) is 12.4 Å². The van der Waals surface area contributed by atoms with Gasteiger partial charge in [-0.25, -0.2) is 9.97 Å². The van der Waals surface area contributed by atoms with Gasteiger partial charge in [0.25, 0.3) is 0 Å². The summed E-state index contributed by atoms with van der Waals surface area (Å²) in [5.74, 6) is 0.559. The molecule has 0 spiro atoms. The number of hydrogen-bond acceptors (Lipinski definition) is 5. The molecule has 1 aliphatic rings. The van der Waals surface area contributed by atoms with Gasteiger partial charge in [0.05, 0.1) is 0 Å². The quantitative estimate of drug-likeness (QED) is 0.726. The van der Waals surface area contributed by atoms with Crippen molar-refractivity contribution in [2.24, 2.45) is 0 Å². The van der Waals surface area contributed by atoms with Crippen molar-refractivity contribution in [3.8, 4) is 0 Å². The molecule has 0 aromatic carbocycles. The van der Waals surface area contributed by atoms with E-state index in [1.165, 1.54) is 19.4 Å². The molecule has 0 aliphatic carbocycles. The summed E-state index contributed by atoms with van der Waals surface area (Å²) < 4.78 is 0. The molecule has 0 atom stereocenters. The zero-order chi connectivity index (χ0) is 11.4. The smallest absolute Gasteiger partial charge is 0.126 e. The average molecular weight is 221 g/mol. The first kappa shape index (κ1) is 11.3. The van der Waals surface area contributed by atoms with Crippen LogP contribution in [0.5, 0.6) is 0 Å². The lowest BCUT2D eigenvalue weighted by Crippen LogP contribution is -2.56. The van der Waals surface area contributed by atoms with Crippen molar-refractivity contribution < 1.29 is 0 Å². The minimum Gasteiger partial charge on any atom is -0.384 e. The standard InChI is InChI=1S/C11H19N5/c1-13-10-6-16(7-10)4-2-3-9-5-11(12)15-8-14-9/h5,8,10,13H,2-4,6-7H2,1H3,(H2,12,14,15). The Morgan fingerprint density at radius 3 is 3.00 bits per heavy atom. The fourth-order valence-electron chi connectivity index (χ4n) is 1.97. The second-order valence-corrected chi connectivity index (χ2v) is 4.28. The van der Waals surface area contributed by atoms with E-state index < -0.39 is 0 Å². The Kier molecular flexibility index (Phi) is 3.69. The van der Waals surface area contributed by atoms with E-state index >= 15 is 0 Å². The molecule has 1 aromatic heterocycles. The maximum Gasteiger partial charge on any atom is 0.126 e. The number of nitrogen functional groups attached to an aromatic ring is 1. The Bertz CT molecular complexity index is 335. The molecular formula is C11H19N5. The topological polar surface area (TPSA) is 67.1 Å². The monoisotopic (exact) mass is 221 g/mol. The fraction of sp³-hybridized carbons (Fsp3) is 0.636. The summed E-state index contributed by atoms with van der Waals surface area (Å²) in [5.41, 5.74) is 6.63. The molecule has 1 aromatic rings. The summed E-state index contributed by atoms with van der Waals surface area (Å²) in [5, 5.41) is 3.27. The van der Waals surface area contributed by atoms with Gasteiger partial charge in [-0.05, 0) is 26.4 Å². The van der Waals surface area contributed by atoms with Crippen molar-refractivity contribution in [2.45, 2.75) is 18.9 Å². The second-order valence-electron chi connectivity index (χ2n) is 4.28. The van der Waals surface area contributed by atoms with Crippen molar-refractivity contribution in [3.05, 3.63) is 18.1 Å². The Balaban J connectivity index is 1.65. The summed E-state index contributed by atoms with van der Waals surface area (Å²) in [7, 11) is 2.02. The predicted molar refractivity (Wildman–Crippen MR) is 64.1 cm³/mol. The largest absolute Gasteiger partial charge is 0.384 e. The number of nitrogens with two attached hydrogens (primary N) is 1. The third-order valence-electron chi connectivity index (χ3n) is 3.02. The highest BCUT2D eigenvalue weighted by molar-refractivity contribution is 5.27. The number of nitrogens with zero attached hydrogens (tertiary/aromatic N) is 3. The third kappa shape index (κ3) is 2.90. The SMILES string of the molecule is CNC1CN(CCCc2cc(N)ncn2)C1. The van der Waals surface area contributed by atoms with Crippen LogP contribution in [0.2, 0.25) is 0 Å². The number of likely N-dealkylation sites (N-methyl/N-ethyl adjacent to an activating group) is 1. The van der Waals surface area contributed by atoms with Crippen LogP contribution in [-0.4, -0.2) is 47.6 Å². The van der Waals surface area contributed by atoms with Gasteiger partial charge in [0.15, 0.2) is 0 Å². The molecule has 0 radical (unpaired) electrons. The molecule has 5 nitrogen and oxygen atoms in total. The van der Waals surface area contributed by atoms with Crippen LogP contribution in [0.3, 0.4) is 0 Å². The van der Waals surface area contributed by atoms with Gasteiger partial charge in [-0.15, -0.1) is 0 Å². The van der Waals surface area contributed by atoms with E-state index in [-0.39, 0.29) is 0 Å².